The molecular formula is C17H16N4O4. The minimum absolute atomic E-state index is 0.0246. The van der Waals surface area contributed by atoms with Crippen LogP contribution in [-0.4, -0.2) is 28.0 Å². The highest BCUT2D eigenvalue weighted by Gasteiger charge is 2.25. The number of carbonyl (C=O) groups excluding carboxylic acids is 1. The lowest BCUT2D eigenvalue weighted by atomic mass is 9.92. The third kappa shape index (κ3) is 4.20. The van der Waals surface area contributed by atoms with Crippen LogP contribution in [0.1, 0.15) is 41.7 Å². The van der Waals surface area contributed by atoms with Gasteiger partial charge in [0.25, 0.3) is 11.8 Å². The maximum Gasteiger partial charge on any atom is 0.335 e. The van der Waals surface area contributed by atoms with Gasteiger partial charge in [-0.05, 0) is 31.7 Å². The van der Waals surface area contributed by atoms with Crippen molar-refractivity contribution in [2.24, 2.45) is 0 Å². The molecule has 0 aromatic carbocycles. The molecule has 0 bridgehead atoms. The van der Waals surface area contributed by atoms with Crippen LogP contribution in [-0.2, 0) is 0 Å². The van der Waals surface area contributed by atoms with Gasteiger partial charge in [0, 0.05) is 24.5 Å². The molecule has 0 aliphatic heterocycles. The average molecular weight is 340 g/mol. The zero-order valence-electron chi connectivity index (χ0n) is 13.3. The zero-order valence-corrected chi connectivity index (χ0v) is 13.3. The van der Waals surface area contributed by atoms with Gasteiger partial charge < -0.3 is 14.5 Å². The summed E-state index contributed by atoms with van der Waals surface area (Å²) in [5.41, 5.74) is -0.00496. The van der Waals surface area contributed by atoms with Crippen LogP contribution in [0.15, 0.2) is 40.0 Å². The molecule has 1 fully saturated rings. The van der Waals surface area contributed by atoms with Crippen molar-refractivity contribution in [3.05, 3.63) is 52.5 Å². The molecule has 2 aromatic rings. The summed E-state index contributed by atoms with van der Waals surface area (Å²) >= 11 is 0. The maximum absolute atomic E-state index is 12.1. The van der Waals surface area contributed by atoms with Crippen molar-refractivity contribution in [1.29, 1.82) is 5.26 Å². The number of hydrogen-bond acceptors (Lipinski definition) is 7. The zero-order chi connectivity index (χ0) is 17.6. The molecule has 3 rings (SSSR count). The highest BCUT2D eigenvalue weighted by Crippen LogP contribution is 2.24. The van der Waals surface area contributed by atoms with E-state index in [0.29, 0.717) is 5.56 Å². The number of nitrogens with zero attached hydrogens (tertiary/aromatic N) is 3. The average Bonchev–Trinajstić information content (AvgIpc) is 2.64. The van der Waals surface area contributed by atoms with E-state index in [9.17, 15) is 9.59 Å². The summed E-state index contributed by atoms with van der Waals surface area (Å²) in [6.07, 6.45) is 6.98. The van der Waals surface area contributed by atoms with Gasteiger partial charge in [-0.25, -0.2) is 14.8 Å². The van der Waals surface area contributed by atoms with E-state index in [2.05, 4.69) is 15.3 Å². The highest BCUT2D eigenvalue weighted by atomic mass is 16.5. The van der Waals surface area contributed by atoms with Crippen molar-refractivity contribution in [3.8, 4) is 11.9 Å². The Morgan fingerprint density at radius 1 is 1.24 bits per heavy atom. The molecule has 1 amide bonds. The van der Waals surface area contributed by atoms with Crippen molar-refractivity contribution in [3.63, 3.8) is 0 Å². The van der Waals surface area contributed by atoms with E-state index in [-0.39, 0.29) is 29.6 Å². The van der Waals surface area contributed by atoms with E-state index >= 15 is 0 Å². The molecule has 1 N–H and O–H groups in total. The monoisotopic (exact) mass is 340 g/mol. The fourth-order valence-corrected chi connectivity index (χ4v) is 2.73. The first kappa shape index (κ1) is 16.6. The van der Waals surface area contributed by atoms with Crippen molar-refractivity contribution in [2.75, 3.05) is 0 Å². The predicted octanol–water partition coefficient (Wildman–Crippen LogP) is 1.42. The predicted molar refractivity (Wildman–Crippen MR) is 85.9 cm³/mol. The van der Waals surface area contributed by atoms with Crippen molar-refractivity contribution >= 4 is 5.91 Å². The Labute approximate surface area is 143 Å². The molecule has 25 heavy (non-hydrogen) atoms. The molecule has 0 unspecified atom stereocenters. The van der Waals surface area contributed by atoms with Crippen LogP contribution in [0, 0.1) is 11.3 Å². The lowest BCUT2D eigenvalue weighted by molar-refractivity contribution is 0.0887. The van der Waals surface area contributed by atoms with Gasteiger partial charge >= 0.3 is 5.63 Å². The first-order valence-corrected chi connectivity index (χ1v) is 7.93. The van der Waals surface area contributed by atoms with E-state index in [1.807, 2.05) is 6.07 Å². The van der Waals surface area contributed by atoms with Crippen LogP contribution < -0.4 is 15.7 Å². The quantitative estimate of drug-likeness (QED) is 0.894. The molecule has 1 aliphatic rings. The molecule has 0 radical (unpaired) electrons. The molecule has 2 aromatic heterocycles. The van der Waals surface area contributed by atoms with Crippen LogP contribution in [0.25, 0.3) is 0 Å². The van der Waals surface area contributed by atoms with E-state index in [4.69, 9.17) is 14.4 Å². The van der Waals surface area contributed by atoms with Crippen LogP contribution in [0.3, 0.4) is 0 Å². The molecule has 8 heteroatoms. The second-order valence-corrected chi connectivity index (χ2v) is 5.73. The Kier molecular flexibility index (Phi) is 5.04. The Balaban J connectivity index is 1.52. The van der Waals surface area contributed by atoms with E-state index in [1.165, 1.54) is 24.5 Å². The van der Waals surface area contributed by atoms with Gasteiger partial charge in [0.15, 0.2) is 0 Å². The third-order valence-electron chi connectivity index (χ3n) is 4.02. The van der Waals surface area contributed by atoms with Crippen molar-refractivity contribution in [2.45, 2.75) is 37.8 Å². The van der Waals surface area contributed by atoms with Crippen LogP contribution in [0.2, 0.25) is 0 Å². The van der Waals surface area contributed by atoms with Gasteiger partial charge in [-0.3, -0.25) is 4.79 Å². The number of carbonyl (C=O) groups is 1. The molecule has 128 valence electrons. The summed E-state index contributed by atoms with van der Waals surface area (Å²) < 4.78 is 10.5. The standard InChI is InChI=1S/C17H16N4O4/c18-9-14-17(20-8-7-19-14)25-13-4-2-12(3-5-13)21-16(23)11-1-6-15(22)24-10-11/h1,6-8,10,12-13H,2-5H2,(H,21,23). The van der Waals surface area contributed by atoms with Crippen molar-refractivity contribution in [1.82, 2.24) is 15.3 Å². The Hall–Kier alpha value is -3.21. The highest BCUT2D eigenvalue weighted by molar-refractivity contribution is 5.93. The second kappa shape index (κ2) is 7.57. The summed E-state index contributed by atoms with van der Waals surface area (Å²) in [6.45, 7) is 0. The SMILES string of the molecule is N#Cc1nccnc1OC1CCC(NC(=O)c2ccc(=O)oc2)CC1. The second-order valence-electron chi connectivity index (χ2n) is 5.73. The smallest absolute Gasteiger partial charge is 0.335 e. The van der Waals surface area contributed by atoms with E-state index in [0.717, 1.165) is 31.9 Å². The van der Waals surface area contributed by atoms with Crippen LogP contribution >= 0.6 is 0 Å². The van der Waals surface area contributed by atoms with Crippen molar-refractivity contribution < 1.29 is 13.9 Å². The maximum atomic E-state index is 12.1. The number of aromatic nitrogens is 2. The lowest BCUT2D eigenvalue weighted by Crippen LogP contribution is -2.39. The Morgan fingerprint density at radius 3 is 2.68 bits per heavy atom. The number of rotatable bonds is 4. The number of ether oxygens (including phenoxy) is 1. The minimum atomic E-state index is -0.491. The number of amides is 1. The van der Waals surface area contributed by atoms with Gasteiger partial charge in [0.1, 0.15) is 18.4 Å². The number of nitrogens with one attached hydrogen (secondary N) is 1. The first-order valence-electron chi connectivity index (χ1n) is 7.93. The molecule has 8 nitrogen and oxygen atoms in total. The Morgan fingerprint density at radius 2 is 2.00 bits per heavy atom. The molecule has 0 atom stereocenters. The number of hydrogen-bond donors (Lipinski definition) is 1. The van der Waals surface area contributed by atoms with E-state index in [1.54, 1.807) is 0 Å². The largest absolute Gasteiger partial charge is 0.472 e. The molecular weight excluding hydrogens is 324 g/mol. The van der Waals surface area contributed by atoms with Crippen LogP contribution in [0.5, 0.6) is 5.88 Å². The summed E-state index contributed by atoms with van der Waals surface area (Å²) in [5.74, 6) is -0.0226. The Bertz CT molecular complexity index is 830. The fourth-order valence-electron chi connectivity index (χ4n) is 2.73. The normalized spacial score (nSPS) is 19.6. The topological polar surface area (TPSA) is 118 Å². The molecule has 1 aliphatic carbocycles. The number of nitriles is 1. The van der Waals surface area contributed by atoms with Gasteiger partial charge in [-0.15, -0.1) is 0 Å². The van der Waals surface area contributed by atoms with Gasteiger partial charge in [-0.2, -0.15) is 5.26 Å². The lowest BCUT2D eigenvalue weighted by Gasteiger charge is -2.29. The minimum Gasteiger partial charge on any atom is -0.472 e. The fraction of sp³-hybridized carbons (Fsp3) is 0.353. The summed E-state index contributed by atoms with van der Waals surface area (Å²) in [4.78, 5) is 31.0. The molecule has 2 heterocycles. The van der Waals surface area contributed by atoms with Gasteiger partial charge in [0.05, 0.1) is 5.56 Å². The van der Waals surface area contributed by atoms with Crippen LogP contribution in [0.4, 0.5) is 0 Å². The molecule has 0 spiro atoms. The first-order chi connectivity index (χ1) is 12.2. The third-order valence-corrected chi connectivity index (χ3v) is 4.02. The summed E-state index contributed by atoms with van der Waals surface area (Å²) in [5, 5.41) is 11.9. The van der Waals surface area contributed by atoms with E-state index < -0.39 is 5.63 Å². The molecule has 1 saturated carbocycles. The van der Waals surface area contributed by atoms with Gasteiger partial charge in [-0.1, -0.05) is 0 Å². The summed E-state index contributed by atoms with van der Waals surface area (Å²) in [6, 6.07) is 4.63. The molecule has 0 saturated heterocycles. The van der Waals surface area contributed by atoms with Gasteiger partial charge in [0.2, 0.25) is 5.69 Å². The summed E-state index contributed by atoms with van der Waals surface area (Å²) in [7, 11) is 0.